The molecular weight excluding hydrogens is 494 g/mol. The highest BCUT2D eigenvalue weighted by molar-refractivity contribution is 6.15. The third-order valence-electron chi connectivity index (χ3n) is 7.32. The number of hydrogen-bond donors (Lipinski definition) is 11. The van der Waals surface area contributed by atoms with E-state index in [4.69, 9.17) is 40.9 Å². The summed E-state index contributed by atoms with van der Waals surface area (Å²) in [4.78, 5) is 12.1. The van der Waals surface area contributed by atoms with Gasteiger partial charge in [0.1, 0.15) is 42.7 Å². The number of carbonyl (C=O) groups excluding carboxylic acids is 1. The van der Waals surface area contributed by atoms with Crippen LogP contribution in [0, 0.1) is 0 Å². The van der Waals surface area contributed by atoms with Gasteiger partial charge < -0.3 is 81.7 Å². The molecule has 0 radical (unpaired) electrons. The average molecular weight is 527 g/mol. The van der Waals surface area contributed by atoms with E-state index in [9.17, 15) is 45.6 Å². The molecule has 0 amide bonds. The van der Waals surface area contributed by atoms with Crippen LogP contribution in [0.1, 0.15) is 0 Å². The molecule has 3 saturated heterocycles. The molecule has 4 aliphatic rings. The molecular formula is C19H33N3O14. The summed E-state index contributed by atoms with van der Waals surface area (Å²) in [6, 6.07) is -4.21. The molecule has 0 aromatic carbocycles. The van der Waals surface area contributed by atoms with Crippen LogP contribution in [0.25, 0.3) is 0 Å². The fraction of sp³-hybridized carbons (Fsp3) is 0.947. The Morgan fingerprint density at radius 2 is 1.33 bits per heavy atom. The van der Waals surface area contributed by atoms with Crippen LogP contribution in [0.15, 0.2) is 0 Å². The molecule has 3 heterocycles. The Bertz CT molecular complexity index is 822. The van der Waals surface area contributed by atoms with Crippen molar-refractivity contribution in [2.45, 2.75) is 90.9 Å². The topological polar surface area (TPSA) is 303 Å². The van der Waals surface area contributed by atoms with Gasteiger partial charge in [0.05, 0.1) is 37.9 Å². The number of aliphatic hydroxyl groups is 8. The second-order valence-electron chi connectivity index (χ2n) is 9.40. The van der Waals surface area contributed by atoms with E-state index in [1.54, 1.807) is 0 Å². The number of aliphatic hydroxyl groups excluding tert-OH is 7. The van der Waals surface area contributed by atoms with Gasteiger partial charge in [0.15, 0.2) is 30.1 Å². The molecule has 3 aliphatic heterocycles. The van der Waals surface area contributed by atoms with E-state index in [1.165, 1.54) is 0 Å². The molecule has 208 valence electrons. The van der Waals surface area contributed by atoms with Crippen molar-refractivity contribution in [2.24, 2.45) is 17.2 Å². The molecule has 17 nitrogen and oxygen atoms in total. The number of ether oxygens (including phenoxy) is 5. The van der Waals surface area contributed by atoms with Crippen molar-refractivity contribution in [2.75, 3.05) is 19.8 Å². The molecule has 4 fully saturated rings. The lowest BCUT2D eigenvalue weighted by atomic mass is 9.94. The van der Waals surface area contributed by atoms with Gasteiger partial charge in [-0.25, -0.2) is 0 Å². The van der Waals surface area contributed by atoms with E-state index >= 15 is 0 Å². The van der Waals surface area contributed by atoms with Crippen molar-refractivity contribution in [3.8, 4) is 0 Å². The molecule has 0 aromatic rings. The summed E-state index contributed by atoms with van der Waals surface area (Å²) in [5.74, 6) is -0.995. The van der Waals surface area contributed by atoms with Crippen molar-refractivity contribution >= 4 is 5.78 Å². The molecule has 14 N–H and O–H groups in total. The van der Waals surface area contributed by atoms with Gasteiger partial charge in [0.2, 0.25) is 5.78 Å². The van der Waals surface area contributed by atoms with E-state index < -0.39 is 117 Å². The van der Waals surface area contributed by atoms with E-state index in [0.717, 1.165) is 0 Å². The van der Waals surface area contributed by atoms with Gasteiger partial charge in [0, 0.05) is 0 Å². The maximum atomic E-state index is 12.1. The molecule has 2 unspecified atom stereocenters. The van der Waals surface area contributed by atoms with Crippen LogP contribution >= 0.6 is 0 Å². The van der Waals surface area contributed by atoms with Gasteiger partial charge in [-0.1, -0.05) is 0 Å². The van der Waals surface area contributed by atoms with E-state index in [-0.39, 0.29) is 0 Å². The fourth-order valence-corrected chi connectivity index (χ4v) is 4.94. The SMILES string of the molecule is N[C@H]1[C@@H](OC2[C@@H](CO)O[C@@H](OC3[C@@H](CO)O[C@@H](O)[C@H](N)[C@H]3O)[C@H](N)[C@H]2O)O[C@@]2(CO)C(=O)[C@]2(O)[C@@H]1O. The summed E-state index contributed by atoms with van der Waals surface area (Å²) in [6.45, 7) is -2.43. The van der Waals surface area contributed by atoms with Gasteiger partial charge in [-0.3, -0.25) is 4.79 Å². The molecule has 4 rings (SSSR count). The van der Waals surface area contributed by atoms with Crippen molar-refractivity contribution < 1.29 is 69.3 Å². The van der Waals surface area contributed by atoms with Crippen molar-refractivity contribution in [3.05, 3.63) is 0 Å². The van der Waals surface area contributed by atoms with Crippen molar-refractivity contribution in [1.29, 1.82) is 0 Å². The van der Waals surface area contributed by atoms with Gasteiger partial charge in [-0.2, -0.15) is 0 Å². The number of Topliss-reactive ketones (excluding diaryl/α,β-unsaturated/α-hetero) is 1. The highest BCUT2D eigenvalue weighted by atomic mass is 16.7. The quantitative estimate of drug-likeness (QED) is 0.146. The Morgan fingerprint density at radius 1 is 0.806 bits per heavy atom. The predicted molar refractivity (Wildman–Crippen MR) is 110 cm³/mol. The van der Waals surface area contributed by atoms with Gasteiger partial charge >= 0.3 is 0 Å². The number of hydrogen-bond acceptors (Lipinski definition) is 17. The largest absolute Gasteiger partial charge is 0.394 e. The second-order valence-corrected chi connectivity index (χ2v) is 9.40. The normalized spacial score (nSPS) is 55.3. The fourth-order valence-electron chi connectivity index (χ4n) is 4.94. The zero-order chi connectivity index (χ0) is 26.7. The highest BCUT2D eigenvalue weighted by Crippen LogP contribution is 2.53. The van der Waals surface area contributed by atoms with Crippen LogP contribution in [0.3, 0.4) is 0 Å². The van der Waals surface area contributed by atoms with E-state index in [0.29, 0.717) is 0 Å². The number of ketones is 1. The molecule has 36 heavy (non-hydrogen) atoms. The van der Waals surface area contributed by atoms with Crippen LogP contribution in [-0.2, 0) is 28.5 Å². The maximum Gasteiger partial charge on any atom is 0.208 e. The first-order valence-corrected chi connectivity index (χ1v) is 11.3. The third-order valence-corrected chi connectivity index (χ3v) is 7.32. The Labute approximate surface area is 203 Å². The summed E-state index contributed by atoms with van der Waals surface area (Å²) in [5, 5.41) is 80.7. The van der Waals surface area contributed by atoms with Crippen LogP contribution in [0.2, 0.25) is 0 Å². The lowest BCUT2D eigenvalue weighted by Gasteiger charge is -2.48. The third kappa shape index (κ3) is 4.00. The summed E-state index contributed by atoms with van der Waals surface area (Å²) < 4.78 is 27.4. The van der Waals surface area contributed by atoms with Crippen LogP contribution in [0.5, 0.6) is 0 Å². The highest BCUT2D eigenvalue weighted by Gasteiger charge is 2.86. The molecule has 15 atom stereocenters. The average Bonchev–Trinajstić information content (AvgIpc) is 3.36. The van der Waals surface area contributed by atoms with Crippen molar-refractivity contribution in [3.63, 3.8) is 0 Å². The Balaban J connectivity index is 1.48. The van der Waals surface area contributed by atoms with Gasteiger partial charge in [-0.05, 0) is 0 Å². The van der Waals surface area contributed by atoms with Crippen LogP contribution in [-0.4, -0.2) is 157 Å². The van der Waals surface area contributed by atoms with Crippen LogP contribution in [0.4, 0.5) is 0 Å². The summed E-state index contributed by atoms with van der Waals surface area (Å²) in [5.41, 5.74) is 13.0. The molecule has 0 aromatic heterocycles. The lowest BCUT2D eigenvalue weighted by molar-refractivity contribution is -0.348. The predicted octanol–water partition coefficient (Wildman–Crippen LogP) is -8.35. The summed E-state index contributed by atoms with van der Waals surface area (Å²) in [7, 11) is 0. The molecule has 0 spiro atoms. The van der Waals surface area contributed by atoms with Gasteiger partial charge in [0.25, 0.3) is 0 Å². The minimum absolute atomic E-state index is 0.678. The Morgan fingerprint density at radius 3 is 1.89 bits per heavy atom. The molecule has 17 heteroatoms. The number of nitrogens with two attached hydrogens (primary N) is 3. The first kappa shape index (κ1) is 28.0. The minimum Gasteiger partial charge on any atom is -0.394 e. The van der Waals surface area contributed by atoms with Crippen LogP contribution < -0.4 is 17.2 Å². The van der Waals surface area contributed by atoms with E-state index in [2.05, 4.69) is 0 Å². The Kier molecular flexibility index (Phi) is 7.77. The monoisotopic (exact) mass is 527 g/mol. The maximum absolute atomic E-state index is 12.1. The first-order valence-electron chi connectivity index (χ1n) is 11.3. The molecule has 1 saturated carbocycles. The minimum atomic E-state index is -2.42. The van der Waals surface area contributed by atoms with Crippen molar-refractivity contribution in [1.82, 2.24) is 0 Å². The lowest BCUT2D eigenvalue weighted by Crippen LogP contribution is -2.69. The number of fused-ring (bicyclic) bond motifs is 1. The van der Waals surface area contributed by atoms with E-state index in [1.807, 2.05) is 0 Å². The Hall–Kier alpha value is -0.970. The standard InChI is InChI=1S/C19H33N3O14/c20-6-9(26)11(4(1-23)32-14(6)29)34-15-7(21)10(27)12(5(2-24)33-15)35-16-8(22)13(28)19(31)17(30)18(19,3-25)36-16/h4-16,23-29,31H,1-3,20-22H2/t4-,5-,6-,7-,8-,9-,10-,11?,12?,13-,14-,15+,16+,18+,19-/m1/s1. The molecule has 1 aliphatic carbocycles. The zero-order valence-corrected chi connectivity index (χ0v) is 18.9. The smallest absolute Gasteiger partial charge is 0.208 e. The number of carbonyl (C=O) groups is 1. The first-order chi connectivity index (χ1) is 16.9. The second kappa shape index (κ2) is 9.97. The summed E-state index contributed by atoms with van der Waals surface area (Å²) >= 11 is 0. The van der Waals surface area contributed by atoms with Gasteiger partial charge in [-0.15, -0.1) is 0 Å². The zero-order valence-electron chi connectivity index (χ0n) is 18.9. The molecule has 0 bridgehead atoms. The number of rotatable bonds is 7. The summed E-state index contributed by atoms with van der Waals surface area (Å²) in [6.07, 6.45) is -15.2.